The smallest absolute Gasteiger partial charge is 0.323 e. The zero-order valence-corrected chi connectivity index (χ0v) is 11.5. The van der Waals surface area contributed by atoms with Crippen LogP contribution in [0.3, 0.4) is 0 Å². The van der Waals surface area contributed by atoms with E-state index in [2.05, 4.69) is 15.2 Å². The minimum Gasteiger partial charge on any atom is -0.323 e. The summed E-state index contributed by atoms with van der Waals surface area (Å²) in [5.74, 6) is -2.26. The van der Waals surface area contributed by atoms with Crippen LogP contribution in [0.15, 0.2) is 42.6 Å². The molecule has 0 fully saturated rings. The number of hydroxylamine groups is 2. The lowest BCUT2D eigenvalue weighted by Gasteiger charge is -2.12. The monoisotopic (exact) mass is 308 g/mol. The Morgan fingerprint density at radius 3 is 2.43 bits per heavy atom. The van der Waals surface area contributed by atoms with Gasteiger partial charge in [0, 0.05) is 0 Å². The number of hydrogen-bond acceptors (Lipinski definition) is 6. The molecule has 0 unspecified atom stereocenters. The van der Waals surface area contributed by atoms with Gasteiger partial charge in [-0.1, -0.05) is 17.2 Å². The van der Waals surface area contributed by atoms with Gasteiger partial charge in [-0.15, -0.1) is 0 Å². The molecule has 8 nitrogen and oxygen atoms in total. The second-order valence-corrected chi connectivity index (χ2v) is 4.83. The molecule has 0 radical (unpaired) electrons. The van der Waals surface area contributed by atoms with Crippen molar-refractivity contribution < 1.29 is 19.2 Å². The van der Waals surface area contributed by atoms with Crippen LogP contribution in [0.5, 0.6) is 0 Å². The van der Waals surface area contributed by atoms with Crippen LogP contribution in [0, 0.1) is 0 Å². The number of amides is 2. The van der Waals surface area contributed by atoms with Gasteiger partial charge in [-0.25, -0.2) is 9.78 Å². The van der Waals surface area contributed by atoms with E-state index in [1.54, 1.807) is 18.2 Å². The molecule has 2 aromatic heterocycles. The molecular formula is C15H8N4O4. The van der Waals surface area contributed by atoms with Crippen LogP contribution in [0.2, 0.25) is 0 Å². The highest BCUT2D eigenvalue weighted by Gasteiger charge is 2.38. The molecule has 112 valence electrons. The highest BCUT2D eigenvalue weighted by atomic mass is 16.7. The van der Waals surface area contributed by atoms with Crippen LogP contribution in [0.4, 0.5) is 0 Å². The second kappa shape index (κ2) is 4.73. The Morgan fingerprint density at radius 2 is 1.74 bits per heavy atom. The van der Waals surface area contributed by atoms with E-state index in [0.29, 0.717) is 16.1 Å². The SMILES string of the molecule is O=C(ON1C(=O)c2ccccc2C1=O)c1ccc2[nH]ncc2n1. The molecule has 0 spiro atoms. The Hall–Kier alpha value is -3.55. The van der Waals surface area contributed by atoms with Gasteiger partial charge in [0.25, 0.3) is 11.8 Å². The predicted molar refractivity (Wildman–Crippen MR) is 76.2 cm³/mol. The van der Waals surface area contributed by atoms with Crippen LogP contribution in [-0.4, -0.2) is 38.0 Å². The summed E-state index contributed by atoms with van der Waals surface area (Å²) in [5.41, 5.74) is 1.49. The van der Waals surface area contributed by atoms with E-state index in [4.69, 9.17) is 4.84 Å². The predicted octanol–water partition coefficient (Wildman–Crippen LogP) is 1.33. The molecule has 0 bridgehead atoms. The number of nitrogens with one attached hydrogen (secondary N) is 1. The number of fused-ring (bicyclic) bond motifs is 2. The van der Waals surface area contributed by atoms with E-state index in [0.717, 1.165) is 0 Å². The summed E-state index contributed by atoms with van der Waals surface area (Å²) in [7, 11) is 0. The third-order valence-electron chi connectivity index (χ3n) is 3.44. The molecule has 1 N–H and O–H groups in total. The van der Waals surface area contributed by atoms with Crippen molar-refractivity contribution in [1.29, 1.82) is 0 Å². The number of carbonyl (C=O) groups excluding carboxylic acids is 3. The molecule has 3 aromatic rings. The quantitative estimate of drug-likeness (QED) is 0.716. The normalized spacial score (nSPS) is 13.5. The van der Waals surface area contributed by atoms with Gasteiger partial charge in [0.1, 0.15) is 5.52 Å². The molecule has 8 heteroatoms. The van der Waals surface area contributed by atoms with Crippen molar-refractivity contribution in [3.8, 4) is 0 Å². The van der Waals surface area contributed by atoms with Crippen molar-refractivity contribution in [1.82, 2.24) is 20.2 Å². The van der Waals surface area contributed by atoms with Gasteiger partial charge >= 0.3 is 5.97 Å². The zero-order chi connectivity index (χ0) is 16.0. The van der Waals surface area contributed by atoms with Crippen LogP contribution in [0.1, 0.15) is 31.2 Å². The first-order valence-electron chi connectivity index (χ1n) is 6.65. The first kappa shape index (κ1) is 13.1. The molecule has 0 aliphatic carbocycles. The third kappa shape index (κ3) is 1.96. The highest BCUT2D eigenvalue weighted by molar-refractivity contribution is 6.21. The molecule has 0 atom stereocenters. The topological polar surface area (TPSA) is 105 Å². The Balaban J connectivity index is 1.62. The summed E-state index contributed by atoms with van der Waals surface area (Å²) in [6, 6.07) is 9.28. The van der Waals surface area contributed by atoms with Crippen LogP contribution in [0.25, 0.3) is 11.0 Å². The summed E-state index contributed by atoms with van der Waals surface area (Å²) in [5, 5.41) is 6.95. The first-order chi connectivity index (χ1) is 11.1. The van der Waals surface area contributed by atoms with Gasteiger partial charge in [-0.3, -0.25) is 14.7 Å². The number of carbonyl (C=O) groups is 3. The minimum atomic E-state index is -0.900. The summed E-state index contributed by atoms with van der Waals surface area (Å²) in [6.45, 7) is 0. The molecular weight excluding hydrogens is 300 g/mol. The van der Waals surface area contributed by atoms with Crippen LogP contribution in [-0.2, 0) is 4.84 Å². The lowest BCUT2D eigenvalue weighted by Crippen LogP contribution is -2.32. The van der Waals surface area contributed by atoms with E-state index in [1.165, 1.54) is 24.4 Å². The number of H-pyrrole nitrogens is 1. The Kier molecular flexibility index (Phi) is 2.70. The van der Waals surface area contributed by atoms with Crippen molar-refractivity contribution in [3.05, 3.63) is 59.4 Å². The fourth-order valence-electron chi connectivity index (χ4n) is 2.32. The standard InChI is InChI=1S/C15H8N4O4/c20-13-8-3-1-2-4-9(8)14(21)19(13)23-15(22)11-6-5-10-12(17-11)7-16-18-10/h1-7H,(H,16,18). The lowest BCUT2D eigenvalue weighted by atomic mass is 10.1. The average Bonchev–Trinajstić information content (AvgIpc) is 3.13. The molecule has 1 aliphatic heterocycles. The van der Waals surface area contributed by atoms with Crippen molar-refractivity contribution in [2.24, 2.45) is 0 Å². The van der Waals surface area contributed by atoms with Crippen molar-refractivity contribution >= 4 is 28.8 Å². The summed E-state index contributed by atoms with van der Waals surface area (Å²) < 4.78 is 0. The van der Waals surface area contributed by atoms with Gasteiger partial charge in [-0.2, -0.15) is 5.10 Å². The van der Waals surface area contributed by atoms with Crippen LogP contribution < -0.4 is 0 Å². The highest BCUT2D eigenvalue weighted by Crippen LogP contribution is 2.23. The fourth-order valence-corrected chi connectivity index (χ4v) is 2.32. The van der Waals surface area contributed by atoms with E-state index in [1.807, 2.05) is 0 Å². The second-order valence-electron chi connectivity index (χ2n) is 4.83. The Bertz CT molecular complexity index is 943. The third-order valence-corrected chi connectivity index (χ3v) is 3.44. The first-order valence-corrected chi connectivity index (χ1v) is 6.65. The van der Waals surface area contributed by atoms with Crippen LogP contribution >= 0.6 is 0 Å². The van der Waals surface area contributed by atoms with Crippen molar-refractivity contribution in [2.45, 2.75) is 0 Å². The van der Waals surface area contributed by atoms with Gasteiger partial charge in [-0.05, 0) is 24.3 Å². The zero-order valence-electron chi connectivity index (χ0n) is 11.5. The fraction of sp³-hybridized carbons (Fsp3) is 0. The largest absolute Gasteiger partial charge is 0.382 e. The maximum absolute atomic E-state index is 12.1. The Morgan fingerprint density at radius 1 is 1.04 bits per heavy atom. The van der Waals surface area contributed by atoms with Crippen molar-refractivity contribution in [3.63, 3.8) is 0 Å². The van der Waals surface area contributed by atoms with E-state index in [9.17, 15) is 14.4 Å². The number of imide groups is 1. The number of nitrogens with zero attached hydrogens (tertiary/aromatic N) is 3. The maximum Gasteiger partial charge on any atom is 0.382 e. The number of hydrogen-bond donors (Lipinski definition) is 1. The number of rotatable bonds is 2. The Labute approximate surface area is 128 Å². The van der Waals surface area contributed by atoms with E-state index in [-0.39, 0.29) is 16.8 Å². The number of benzene rings is 1. The molecule has 0 saturated heterocycles. The summed E-state index contributed by atoms with van der Waals surface area (Å²) in [6.07, 6.45) is 1.45. The molecule has 3 heterocycles. The van der Waals surface area contributed by atoms with Gasteiger partial charge in [0.2, 0.25) is 0 Å². The molecule has 0 saturated carbocycles. The molecule has 23 heavy (non-hydrogen) atoms. The van der Waals surface area contributed by atoms with Gasteiger partial charge in [0.15, 0.2) is 5.69 Å². The maximum atomic E-state index is 12.1. The van der Waals surface area contributed by atoms with Gasteiger partial charge < -0.3 is 4.84 Å². The van der Waals surface area contributed by atoms with E-state index >= 15 is 0 Å². The molecule has 1 aliphatic rings. The van der Waals surface area contributed by atoms with Gasteiger partial charge in [0.05, 0.1) is 22.8 Å². The molecule has 1 aromatic carbocycles. The number of aromatic amines is 1. The molecule has 2 amide bonds. The lowest BCUT2D eigenvalue weighted by molar-refractivity contribution is -0.0588. The van der Waals surface area contributed by atoms with Crippen molar-refractivity contribution in [2.75, 3.05) is 0 Å². The van der Waals surface area contributed by atoms with E-state index < -0.39 is 17.8 Å². The molecule has 4 rings (SSSR count). The minimum absolute atomic E-state index is 0.0320. The number of aromatic nitrogens is 3. The number of pyridine rings is 1. The average molecular weight is 308 g/mol. The summed E-state index contributed by atoms with van der Waals surface area (Å²) in [4.78, 5) is 45.4. The summed E-state index contributed by atoms with van der Waals surface area (Å²) >= 11 is 0.